The first-order valence-electron chi connectivity index (χ1n) is 5.71. The van der Waals surface area contributed by atoms with Crippen LogP contribution in [-0.2, 0) is 13.1 Å². The van der Waals surface area contributed by atoms with E-state index in [9.17, 15) is 19.1 Å². The Labute approximate surface area is 115 Å². The minimum atomic E-state index is -2.50. The number of aliphatic hydroxyl groups is 1. The van der Waals surface area contributed by atoms with Gasteiger partial charge in [0.1, 0.15) is 6.61 Å². The van der Waals surface area contributed by atoms with E-state index < -0.39 is 41.6 Å². The van der Waals surface area contributed by atoms with Crippen LogP contribution in [0.25, 0.3) is 0 Å². The van der Waals surface area contributed by atoms with Crippen LogP contribution in [0.1, 0.15) is 13.2 Å². The molecule has 1 aromatic heterocycles. The van der Waals surface area contributed by atoms with Crippen LogP contribution in [0.3, 0.4) is 0 Å². The molecule has 10 heteroatoms. The highest BCUT2D eigenvalue weighted by Crippen LogP contribution is 2.54. The summed E-state index contributed by atoms with van der Waals surface area (Å²) in [4.78, 5) is 24.9. The zero-order chi connectivity index (χ0) is 14.5. The van der Waals surface area contributed by atoms with Crippen molar-refractivity contribution in [1.29, 1.82) is 0 Å². The summed E-state index contributed by atoms with van der Waals surface area (Å²) in [7, 11) is 0. The predicted octanol–water partition coefficient (Wildman–Crippen LogP) is -0.539. The molecule has 0 aromatic carbocycles. The number of aromatic amines is 1. The average molecular weight is 306 g/mol. The Hall–Kier alpha value is -1.20. The minimum absolute atomic E-state index is 0.572. The molecule has 3 heterocycles. The van der Waals surface area contributed by atoms with Crippen molar-refractivity contribution < 1.29 is 22.6 Å². The van der Waals surface area contributed by atoms with Crippen molar-refractivity contribution in [2.24, 2.45) is 0 Å². The molecule has 2 aliphatic heterocycles. The summed E-state index contributed by atoms with van der Waals surface area (Å²) in [5.74, 6) is -2.50. The van der Waals surface area contributed by atoms with Crippen molar-refractivity contribution in [1.82, 2.24) is 9.55 Å². The van der Waals surface area contributed by atoms with Crippen LogP contribution in [0.4, 0.5) is 4.39 Å². The molecule has 110 valence electrons. The molecule has 4 atom stereocenters. The molecular weight excluding hydrogens is 295 g/mol. The molecule has 0 aliphatic carbocycles. The van der Waals surface area contributed by atoms with Crippen molar-refractivity contribution in [2.45, 2.75) is 30.7 Å². The van der Waals surface area contributed by atoms with E-state index in [-0.39, 0.29) is 0 Å². The number of aliphatic hydroxyl groups excluding tert-OH is 1. The maximum absolute atomic E-state index is 14.5. The first-order valence-corrected chi connectivity index (χ1v) is 6.37. The Morgan fingerprint density at radius 3 is 3.00 bits per heavy atom. The van der Waals surface area contributed by atoms with Crippen molar-refractivity contribution in [3.05, 3.63) is 33.1 Å². The van der Waals surface area contributed by atoms with E-state index in [1.54, 1.807) is 0 Å². The third kappa shape index (κ3) is 1.76. The molecule has 0 amide bonds. The normalized spacial score (nSPS) is 40.0. The maximum Gasteiger partial charge on any atom is 0.330 e. The van der Waals surface area contributed by atoms with Crippen molar-refractivity contribution in [3.63, 3.8) is 0 Å². The van der Waals surface area contributed by atoms with E-state index in [2.05, 4.69) is 0 Å². The molecule has 0 unspecified atom stereocenters. The fourth-order valence-corrected chi connectivity index (χ4v) is 3.14. The Kier molecular flexibility index (Phi) is 3.03. The number of rotatable bonds is 2. The monoisotopic (exact) mass is 306 g/mol. The lowest BCUT2D eigenvalue weighted by molar-refractivity contribution is -0.203. The largest absolute Gasteiger partial charge is 0.390 e. The van der Waals surface area contributed by atoms with Crippen LogP contribution < -0.4 is 11.2 Å². The molecule has 0 saturated carbocycles. The fraction of sp³-hybridized carbons (Fsp3) is 0.600. The van der Waals surface area contributed by atoms with Crippen molar-refractivity contribution in [3.8, 4) is 0 Å². The number of fused-ring (bicyclic) bond motifs is 1. The van der Waals surface area contributed by atoms with Gasteiger partial charge in [-0.05, 0) is 6.92 Å². The number of aromatic nitrogens is 2. The zero-order valence-corrected chi connectivity index (χ0v) is 11.1. The van der Waals surface area contributed by atoms with Gasteiger partial charge >= 0.3 is 5.69 Å². The van der Waals surface area contributed by atoms with Gasteiger partial charge in [-0.15, -0.1) is 0 Å². The van der Waals surface area contributed by atoms with Crippen LogP contribution in [0.15, 0.2) is 21.9 Å². The summed E-state index contributed by atoms with van der Waals surface area (Å²) in [5.41, 5.74) is -2.69. The van der Waals surface area contributed by atoms with Gasteiger partial charge < -0.3 is 9.84 Å². The molecular formula is C10H11FN2O6S. The SMILES string of the molecule is C[C@@]12OSO[C@@H]1[C@@](F)(CO)O[C@H]2n1ccc(=O)[nH]c1=O. The Balaban J connectivity index is 2.10. The zero-order valence-electron chi connectivity index (χ0n) is 10.2. The van der Waals surface area contributed by atoms with Crippen LogP contribution in [0.5, 0.6) is 0 Å². The summed E-state index contributed by atoms with van der Waals surface area (Å²) in [5, 5.41) is 9.17. The average Bonchev–Trinajstić information content (AvgIpc) is 2.88. The number of alkyl halides is 1. The van der Waals surface area contributed by atoms with E-state index in [1.165, 1.54) is 13.1 Å². The lowest BCUT2D eigenvalue weighted by Crippen LogP contribution is -2.47. The number of ether oxygens (including phenoxy) is 1. The summed E-state index contributed by atoms with van der Waals surface area (Å²) in [6.45, 7) is 0.544. The molecule has 8 nitrogen and oxygen atoms in total. The Morgan fingerprint density at radius 1 is 1.60 bits per heavy atom. The molecule has 1 aromatic rings. The number of H-pyrrole nitrogens is 1. The summed E-state index contributed by atoms with van der Waals surface area (Å²) < 4.78 is 31.0. The number of nitrogens with one attached hydrogen (secondary N) is 1. The summed E-state index contributed by atoms with van der Waals surface area (Å²) in [6.07, 6.45) is -1.23. The van der Waals surface area contributed by atoms with Gasteiger partial charge in [0.25, 0.3) is 11.4 Å². The van der Waals surface area contributed by atoms with E-state index in [1.807, 2.05) is 4.98 Å². The summed E-state index contributed by atoms with van der Waals surface area (Å²) >= 11 is 0.572. The molecule has 0 radical (unpaired) electrons. The molecule has 2 aliphatic rings. The van der Waals surface area contributed by atoms with Crippen molar-refractivity contribution >= 4 is 12.3 Å². The fourth-order valence-electron chi connectivity index (χ4n) is 2.37. The topological polar surface area (TPSA) is 103 Å². The molecule has 2 saturated heterocycles. The molecule has 2 fully saturated rings. The molecule has 20 heavy (non-hydrogen) atoms. The highest BCUT2D eigenvalue weighted by Gasteiger charge is 2.69. The van der Waals surface area contributed by atoms with Gasteiger partial charge in [-0.2, -0.15) is 0 Å². The van der Waals surface area contributed by atoms with Crippen LogP contribution in [0, 0.1) is 0 Å². The van der Waals surface area contributed by atoms with E-state index in [4.69, 9.17) is 13.1 Å². The maximum atomic E-state index is 14.5. The lowest BCUT2D eigenvalue weighted by atomic mass is 9.95. The highest BCUT2D eigenvalue weighted by molar-refractivity contribution is 7.90. The smallest absolute Gasteiger partial charge is 0.330 e. The summed E-state index contributed by atoms with van der Waals surface area (Å²) in [6, 6.07) is 1.10. The van der Waals surface area contributed by atoms with Crippen LogP contribution in [0.2, 0.25) is 0 Å². The minimum Gasteiger partial charge on any atom is -0.390 e. The third-order valence-electron chi connectivity index (χ3n) is 3.38. The van der Waals surface area contributed by atoms with Crippen LogP contribution >= 0.6 is 12.3 Å². The second kappa shape index (κ2) is 4.40. The number of hydrogen-bond acceptors (Lipinski definition) is 7. The second-order valence-electron chi connectivity index (χ2n) is 4.74. The highest BCUT2D eigenvalue weighted by atomic mass is 32.2. The number of nitrogens with zero attached hydrogens (tertiary/aromatic N) is 1. The Morgan fingerprint density at radius 2 is 2.35 bits per heavy atom. The van der Waals surface area contributed by atoms with Gasteiger partial charge in [0.05, 0.1) is 0 Å². The second-order valence-corrected chi connectivity index (χ2v) is 5.24. The molecule has 0 spiro atoms. The third-order valence-corrected chi connectivity index (χ3v) is 4.08. The number of halogens is 1. The van der Waals surface area contributed by atoms with Gasteiger partial charge in [-0.1, -0.05) is 0 Å². The van der Waals surface area contributed by atoms with Gasteiger partial charge in [-0.3, -0.25) is 22.7 Å². The predicted molar refractivity (Wildman–Crippen MR) is 64.3 cm³/mol. The van der Waals surface area contributed by atoms with E-state index >= 15 is 0 Å². The Bertz CT molecular complexity index is 649. The quantitative estimate of drug-likeness (QED) is 0.707. The first kappa shape index (κ1) is 13.8. The lowest BCUT2D eigenvalue weighted by Gasteiger charge is -2.25. The van der Waals surface area contributed by atoms with Gasteiger partial charge in [0.15, 0.2) is 30.3 Å². The first-order chi connectivity index (χ1) is 9.40. The van der Waals surface area contributed by atoms with Gasteiger partial charge in [-0.25, -0.2) is 9.18 Å². The number of hydrogen-bond donors (Lipinski definition) is 2. The van der Waals surface area contributed by atoms with E-state index in [0.29, 0.717) is 12.3 Å². The standard InChI is InChI=1S/C10H11FN2O6S/c1-9-6(18-20-19-9)10(11,4-14)17-7(9)13-3-2-5(15)12-8(13)16/h2-3,6-7,14H,4H2,1H3,(H,12,15,16)/t6-,7+,9+,10+/m0/s1. The molecule has 2 N–H and O–H groups in total. The molecule has 0 bridgehead atoms. The van der Waals surface area contributed by atoms with Crippen LogP contribution in [-0.4, -0.2) is 38.8 Å². The van der Waals surface area contributed by atoms with Gasteiger partial charge in [0, 0.05) is 12.3 Å². The molecule has 3 rings (SSSR count). The van der Waals surface area contributed by atoms with Gasteiger partial charge in [0.2, 0.25) is 0 Å². The van der Waals surface area contributed by atoms with Crippen molar-refractivity contribution in [2.75, 3.05) is 6.61 Å². The van der Waals surface area contributed by atoms with E-state index in [0.717, 1.165) is 10.6 Å².